The lowest BCUT2D eigenvalue weighted by atomic mass is 10.0. The molecule has 4 aromatic heterocycles. The van der Waals surface area contributed by atoms with Gasteiger partial charge in [0.15, 0.2) is 5.65 Å². The molecule has 1 unspecified atom stereocenters. The van der Waals surface area contributed by atoms with Gasteiger partial charge in [0.1, 0.15) is 11.9 Å². The Hall–Kier alpha value is -3.83. The van der Waals surface area contributed by atoms with E-state index in [0.717, 1.165) is 23.7 Å². The minimum atomic E-state index is -0.902. The zero-order chi connectivity index (χ0) is 26.8. The molecule has 5 rings (SSSR count). The minimum absolute atomic E-state index is 0.181. The number of amides is 1. The first-order valence-electron chi connectivity index (χ1n) is 12.8. The summed E-state index contributed by atoms with van der Waals surface area (Å²) >= 11 is 1.60. The van der Waals surface area contributed by atoms with E-state index >= 15 is 0 Å². The van der Waals surface area contributed by atoms with Crippen molar-refractivity contribution in [3.63, 3.8) is 0 Å². The van der Waals surface area contributed by atoms with Crippen LogP contribution in [0.2, 0.25) is 0 Å². The van der Waals surface area contributed by atoms with Crippen molar-refractivity contribution in [1.29, 1.82) is 0 Å². The Balaban J connectivity index is 1.52. The number of fused-ring (bicyclic) bond motifs is 1. The monoisotopic (exact) mass is 533 g/mol. The third-order valence-corrected chi connectivity index (χ3v) is 7.98. The van der Waals surface area contributed by atoms with Crippen LogP contribution in [-0.4, -0.2) is 79.7 Å². The summed E-state index contributed by atoms with van der Waals surface area (Å²) in [6.07, 6.45) is 4.07. The van der Waals surface area contributed by atoms with Gasteiger partial charge >= 0.3 is 5.97 Å². The van der Waals surface area contributed by atoms with Crippen LogP contribution in [0.5, 0.6) is 0 Å². The second-order valence-corrected chi connectivity index (χ2v) is 10.3. The predicted molar refractivity (Wildman–Crippen MR) is 148 cm³/mol. The lowest BCUT2D eigenvalue weighted by Gasteiger charge is -2.39. The zero-order valence-electron chi connectivity index (χ0n) is 21.7. The fraction of sp³-hybridized carbons (Fsp3) is 0.370. The molecule has 5 heterocycles. The Bertz CT molecular complexity index is 1450. The third-order valence-electron chi connectivity index (χ3n) is 7.09. The van der Waals surface area contributed by atoms with Gasteiger partial charge in [-0.2, -0.15) is 5.10 Å². The fourth-order valence-electron chi connectivity index (χ4n) is 4.78. The number of rotatable bonds is 10. The number of carboxylic acids is 1. The summed E-state index contributed by atoms with van der Waals surface area (Å²) in [4.78, 5) is 39.7. The molecule has 0 bridgehead atoms. The molecule has 1 aliphatic heterocycles. The molecular weight excluding hydrogens is 502 g/mol. The molecule has 4 aromatic rings. The summed E-state index contributed by atoms with van der Waals surface area (Å²) in [5, 5.41) is 19.1. The van der Waals surface area contributed by atoms with Crippen LogP contribution in [0.4, 0.5) is 5.82 Å². The maximum atomic E-state index is 13.3. The molecule has 1 fully saturated rings. The van der Waals surface area contributed by atoms with Gasteiger partial charge in [0.25, 0.3) is 5.91 Å². The molecule has 0 aromatic carbocycles. The van der Waals surface area contributed by atoms with E-state index < -0.39 is 12.0 Å². The predicted octanol–water partition coefficient (Wildman–Crippen LogP) is 3.64. The van der Waals surface area contributed by atoms with Crippen LogP contribution in [0.25, 0.3) is 27.5 Å². The van der Waals surface area contributed by atoms with Gasteiger partial charge in [-0.3, -0.25) is 9.69 Å². The SMILES string of the molecule is CCN(CC)[C@@H](C)CNC(=O)c1cc(-c2cnn3ccc(-c4cccs4)nc23)nc(N2CCC2C(=O)O)c1. The largest absolute Gasteiger partial charge is 0.480 e. The molecular formula is C27H31N7O3S. The standard InChI is InChI=1S/C27H31N7O3S/c1-4-32(5-2)17(3)15-28-26(35)18-13-21(30-24(14-18)33-10-9-22(33)27(36)37)19-16-29-34-11-8-20(31-25(19)34)23-7-6-12-38-23/h6-8,11-14,16-17,22H,4-5,9-10,15H2,1-3H3,(H,28,35)(H,36,37)/t17-,22?/m0/s1. The van der Waals surface area contributed by atoms with Gasteiger partial charge in [-0.05, 0) is 56.1 Å². The van der Waals surface area contributed by atoms with Crippen molar-refractivity contribution < 1.29 is 14.7 Å². The van der Waals surface area contributed by atoms with Gasteiger partial charge in [0, 0.05) is 30.9 Å². The summed E-state index contributed by atoms with van der Waals surface area (Å²) < 4.78 is 1.68. The number of hydrogen-bond acceptors (Lipinski definition) is 8. The van der Waals surface area contributed by atoms with E-state index in [9.17, 15) is 14.7 Å². The number of aliphatic carboxylic acids is 1. The number of pyridine rings is 1. The lowest BCUT2D eigenvalue weighted by molar-refractivity contribution is -0.140. The van der Waals surface area contributed by atoms with Gasteiger partial charge < -0.3 is 15.3 Å². The highest BCUT2D eigenvalue weighted by atomic mass is 32.1. The molecule has 2 N–H and O–H groups in total. The Morgan fingerprint density at radius 1 is 1.21 bits per heavy atom. The van der Waals surface area contributed by atoms with Gasteiger partial charge in [-0.1, -0.05) is 19.9 Å². The Kier molecular flexibility index (Phi) is 7.39. The molecule has 198 valence electrons. The van der Waals surface area contributed by atoms with E-state index in [-0.39, 0.29) is 11.9 Å². The zero-order valence-corrected chi connectivity index (χ0v) is 22.5. The van der Waals surface area contributed by atoms with Crippen molar-refractivity contribution in [1.82, 2.24) is 29.8 Å². The van der Waals surface area contributed by atoms with Crippen LogP contribution in [0.3, 0.4) is 0 Å². The summed E-state index contributed by atoms with van der Waals surface area (Å²) in [5.74, 6) is -0.678. The number of carbonyl (C=O) groups excluding carboxylic acids is 1. The summed E-state index contributed by atoms with van der Waals surface area (Å²) in [5.41, 5.74) is 3.04. The Morgan fingerprint density at radius 3 is 2.68 bits per heavy atom. The highest BCUT2D eigenvalue weighted by Gasteiger charge is 2.35. The topological polar surface area (TPSA) is 116 Å². The number of carbonyl (C=O) groups is 2. The summed E-state index contributed by atoms with van der Waals surface area (Å²) in [6, 6.07) is 8.82. The maximum Gasteiger partial charge on any atom is 0.326 e. The normalized spacial score (nSPS) is 16.0. The second-order valence-electron chi connectivity index (χ2n) is 9.33. The molecule has 1 amide bonds. The van der Waals surface area contributed by atoms with Crippen LogP contribution in [0.15, 0.2) is 48.1 Å². The van der Waals surface area contributed by atoms with Crippen molar-refractivity contribution in [2.75, 3.05) is 31.1 Å². The van der Waals surface area contributed by atoms with Crippen molar-refractivity contribution >= 4 is 34.7 Å². The van der Waals surface area contributed by atoms with Crippen molar-refractivity contribution in [3.8, 4) is 21.8 Å². The van der Waals surface area contributed by atoms with E-state index in [0.29, 0.717) is 47.8 Å². The molecule has 0 spiro atoms. The van der Waals surface area contributed by atoms with E-state index in [2.05, 4.69) is 36.1 Å². The number of hydrogen-bond donors (Lipinski definition) is 2. The van der Waals surface area contributed by atoms with Crippen LogP contribution < -0.4 is 10.2 Å². The molecule has 1 aliphatic rings. The van der Waals surface area contributed by atoms with Crippen LogP contribution in [0, 0.1) is 0 Å². The first kappa shape index (κ1) is 25.8. The number of carboxylic acid groups (broad SMARTS) is 1. The highest BCUT2D eigenvalue weighted by Crippen LogP contribution is 2.31. The first-order valence-corrected chi connectivity index (χ1v) is 13.7. The number of nitrogens with one attached hydrogen (secondary N) is 1. The molecule has 2 atom stereocenters. The van der Waals surface area contributed by atoms with Crippen molar-refractivity contribution in [2.24, 2.45) is 0 Å². The van der Waals surface area contributed by atoms with E-state index in [1.807, 2.05) is 29.8 Å². The molecule has 0 radical (unpaired) electrons. The number of thiophene rings is 1. The lowest BCUT2D eigenvalue weighted by Crippen LogP contribution is -2.53. The molecule has 10 nitrogen and oxygen atoms in total. The average Bonchev–Trinajstić information content (AvgIpc) is 3.57. The molecule has 38 heavy (non-hydrogen) atoms. The molecule has 11 heteroatoms. The number of nitrogens with zero attached hydrogens (tertiary/aromatic N) is 6. The van der Waals surface area contributed by atoms with Crippen molar-refractivity contribution in [3.05, 3.63) is 53.7 Å². The van der Waals surface area contributed by atoms with Gasteiger partial charge in [0.2, 0.25) is 0 Å². The van der Waals surface area contributed by atoms with E-state index in [1.54, 1.807) is 39.1 Å². The van der Waals surface area contributed by atoms with E-state index in [1.165, 1.54) is 0 Å². The fourth-order valence-corrected chi connectivity index (χ4v) is 5.48. The number of likely N-dealkylation sites (N-methyl/N-ethyl adjacent to an activating group) is 1. The van der Waals surface area contributed by atoms with Crippen molar-refractivity contribution in [2.45, 2.75) is 39.3 Å². The smallest absolute Gasteiger partial charge is 0.326 e. The van der Waals surface area contributed by atoms with Crippen LogP contribution in [0.1, 0.15) is 37.6 Å². The molecule has 0 aliphatic carbocycles. The average molecular weight is 534 g/mol. The third kappa shape index (κ3) is 4.99. The Labute approximate surface area is 224 Å². The van der Waals surface area contributed by atoms with Gasteiger partial charge in [0.05, 0.1) is 28.0 Å². The quantitative estimate of drug-likeness (QED) is 0.317. The molecule has 1 saturated heterocycles. The van der Waals surface area contributed by atoms with Gasteiger partial charge in [-0.25, -0.2) is 19.3 Å². The number of anilines is 1. The minimum Gasteiger partial charge on any atom is -0.480 e. The molecule has 0 saturated carbocycles. The van der Waals surface area contributed by atoms with Crippen LogP contribution in [-0.2, 0) is 4.79 Å². The maximum absolute atomic E-state index is 13.3. The Morgan fingerprint density at radius 2 is 2.03 bits per heavy atom. The highest BCUT2D eigenvalue weighted by molar-refractivity contribution is 7.13. The summed E-state index contributed by atoms with van der Waals surface area (Å²) in [7, 11) is 0. The number of aromatic nitrogens is 4. The first-order chi connectivity index (χ1) is 18.4. The van der Waals surface area contributed by atoms with Crippen LogP contribution >= 0.6 is 11.3 Å². The summed E-state index contributed by atoms with van der Waals surface area (Å²) in [6.45, 7) is 9.15. The van der Waals surface area contributed by atoms with Gasteiger partial charge in [-0.15, -0.1) is 11.3 Å². The second kappa shape index (κ2) is 10.9. The van der Waals surface area contributed by atoms with E-state index in [4.69, 9.17) is 9.97 Å².